The minimum atomic E-state index is 0.310. The average molecular weight is 192 g/mol. The Hall–Kier alpha value is -1.09. The van der Waals surface area contributed by atoms with E-state index in [2.05, 4.69) is 4.98 Å². The predicted octanol–water partition coefficient (Wildman–Crippen LogP) is 1.37. The van der Waals surface area contributed by atoms with E-state index in [1.165, 1.54) is 18.4 Å². The lowest BCUT2D eigenvalue weighted by molar-refractivity contribution is 0.397. The maximum Gasteiger partial charge on any atom is 0.212 e. The molecule has 0 aliphatic heterocycles. The van der Waals surface area contributed by atoms with Gasteiger partial charge >= 0.3 is 0 Å². The van der Waals surface area contributed by atoms with Crippen LogP contribution in [0.25, 0.3) is 0 Å². The van der Waals surface area contributed by atoms with Gasteiger partial charge in [-0.1, -0.05) is 6.07 Å². The summed E-state index contributed by atoms with van der Waals surface area (Å²) < 4.78 is 4.99. The average Bonchev–Trinajstić information content (AvgIpc) is 3.02. The molecule has 14 heavy (non-hydrogen) atoms. The zero-order valence-corrected chi connectivity index (χ0v) is 8.44. The summed E-state index contributed by atoms with van der Waals surface area (Å²) in [5.74, 6) is 1.41. The van der Waals surface area contributed by atoms with Gasteiger partial charge in [-0.25, -0.2) is 4.98 Å². The van der Waals surface area contributed by atoms with E-state index in [9.17, 15) is 0 Å². The van der Waals surface area contributed by atoms with Crippen molar-refractivity contribution >= 4 is 0 Å². The van der Waals surface area contributed by atoms with Gasteiger partial charge in [-0.15, -0.1) is 0 Å². The molecule has 3 heteroatoms. The van der Waals surface area contributed by atoms with Crippen molar-refractivity contribution in [3.8, 4) is 5.88 Å². The summed E-state index contributed by atoms with van der Waals surface area (Å²) in [6.07, 6.45) is 5.37. The molecule has 1 atom stereocenters. The molecule has 1 unspecified atom stereocenters. The summed E-state index contributed by atoms with van der Waals surface area (Å²) in [5.41, 5.74) is 7.22. The maximum atomic E-state index is 6.02. The molecule has 1 aliphatic rings. The summed E-state index contributed by atoms with van der Waals surface area (Å²) in [5, 5.41) is 0. The van der Waals surface area contributed by atoms with Crippen LogP contribution in [0.2, 0.25) is 0 Å². The van der Waals surface area contributed by atoms with Gasteiger partial charge in [0, 0.05) is 18.3 Å². The van der Waals surface area contributed by atoms with Crippen LogP contribution in [0.5, 0.6) is 5.88 Å². The van der Waals surface area contributed by atoms with Crippen LogP contribution in [0.3, 0.4) is 0 Å². The van der Waals surface area contributed by atoms with Gasteiger partial charge in [0.15, 0.2) is 0 Å². The van der Waals surface area contributed by atoms with Crippen LogP contribution in [-0.4, -0.2) is 18.1 Å². The van der Waals surface area contributed by atoms with Gasteiger partial charge in [0.25, 0.3) is 0 Å². The third kappa shape index (κ3) is 2.23. The first kappa shape index (κ1) is 9.46. The standard InChI is InChI=1S/C11H16N2O/c1-14-11-5-2-8(7-13-11)6-10(12)9-3-4-9/h2,5,7,9-10H,3-4,6,12H2,1H3. The first-order valence-corrected chi connectivity index (χ1v) is 5.04. The first-order valence-electron chi connectivity index (χ1n) is 5.04. The van der Waals surface area contributed by atoms with Crippen molar-refractivity contribution in [3.63, 3.8) is 0 Å². The number of pyridine rings is 1. The Labute approximate surface area is 84.3 Å². The van der Waals surface area contributed by atoms with E-state index in [1.54, 1.807) is 7.11 Å². The summed E-state index contributed by atoms with van der Waals surface area (Å²) in [4.78, 5) is 4.15. The second kappa shape index (κ2) is 3.96. The highest BCUT2D eigenvalue weighted by atomic mass is 16.5. The number of hydrogen-bond acceptors (Lipinski definition) is 3. The molecule has 0 bridgehead atoms. The largest absolute Gasteiger partial charge is 0.481 e. The van der Waals surface area contributed by atoms with Crippen molar-refractivity contribution in [1.82, 2.24) is 4.98 Å². The van der Waals surface area contributed by atoms with E-state index in [1.807, 2.05) is 18.3 Å². The molecule has 76 valence electrons. The van der Waals surface area contributed by atoms with E-state index in [4.69, 9.17) is 10.5 Å². The topological polar surface area (TPSA) is 48.1 Å². The molecule has 1 aliphatic carbocycles. The van der Waals surface area contributed by atoms with Gasteiger partial charge in [-0.3, -0.25) is 0 Å². The summed E-state index contributed by atoms with van der Waals surface area (Å²) in [7, 11) is 1.62. The molecule has 1 saturated carbocycles. The van der Waals surface area contributed by atoms with Crippen molar-refractivity contribution in [1.29, 1.82) is 0 Å². The summed E-state index contributed by atoms with van der Waals surface area (Å²) in [6, 6.07) is 4.23. The highest BCUT2D eigenvalue weighted by Crippen LogP contribution is 2.32. The van der Waals surface area contributed by atoms with Crippen LogP contribution < -0.4 is 10.5 Å². The van der Waals surface area contributed by atoms with E-state index in [0.717, 1.165) is 12.3 Å². The number of nitrogens with two attached hydrogens (primary N) is 1. The monoisotopic (exact) mass is 192 g/mol. The Balaban J connectivity index is 1.95. The second-order valence-electron chi connectivity index (χ2n) is 3.91. The predicted molar refractivity (Wildman–Crippen MR) is 55.2 cm³/mol. The molecular weight excluding hydrogens is 176 g/mol. The fourth-order valence-corrected chi connectivity index (χ4v) is 1.62. The Morgan fingerprint density at radius 1 is 1.57 bits per heavy atom. The van der Waals surface area contributed by atoms with Crippen molar-refractivity contribution in [2.45, 2.75) is 25.3 Å². The van der Waals surface area contributed by atoms with Crippen molar-refractivity contribution in [2.24, 2.45) is 11.7 Å². The summed E-state index contributed by atoms with van der Waals surface area (Å²) in [6.45, 7) is 0. The Kier molecular flexibility index (Phi) is 2.68. The lowest BCUT2D eigenvalue weighted by Crippen LogP contribution is -2.25. The zero-order valence-electron chi connectivity index (χ0n) is 8.44. The molecule has 0 aromatic carbocycles. The number of hydrogen-bond donors (Lipinski definition) is 1. The fraction of sp³-hybridized carbons (Fsp3) is 0.545. The molecule has 1 fully saturated rings. The van der Waals surface area contributed by atoms with Crippen molar-refractivity contribution in [2.75, 3.05) is 7.11 Å². The minimum Gasteiger partial charge on any atom is -0.481 e. The molecular formula is C11H16N2O. The van der Waals surface area contributed by atoms with E-state index >= 15 is 0 Å². The molecule has 0 radical (unpaired) electrons. The smallest absolute Gasteiger partial charge is 0.212 e. The van der Waals surface area contributed by atoms with Crippen LogP contribution in [0.1, 0.15) is 18.4 Å². The van der Waals surface area contributed by atoms with Crippen LogP contribution in [0.4, 0.5) is 0 Å². The third-order valence-corrected chi connectivity index (χ3v) is 2.71. The lowest BCUT2D eigenvalue weighted by atomic mass is 10.1. The highest BCUT2D eigenvalue weighted by molar-refractivity contribution is 5.18. The van der Waals surface area contributed by atoms with Gasteiger partial charge in [0.05, 0.1) is 7.11 Å². The Morgan fingerprint density at radius 3 is 2.86 bits per heavy atom. The van der Waals surface area contributed by atoms with Gasteiger partial charge < -0.3 is 10.5 Å². The van der Waals surface area contributed by atoms with Crippen molar-refractivity contribution < 1.29 is 4.74 Å². The van der Waals surface area contributed by atoms with E-state index in [0.29, 0.717) is 11.9 Å². The zero-order chi connectivity index (χ0) is 9.97. The number of methoxy groups -OCH3 is 1. The van der Waals surface area contributed by atoms with Crippen LogP contribution in [-0.2, 0) is 6.42 Å². The quantitative estimate of drug-likeness (QED) is 0.783. The number of aromatic nitrogens is 1. The van der Waals surface area contributed by atoms with Gasteiger partial charge in [0.1, 0.15) is 0 Å². The van der Waals surface area contributed by atoms with E-state index < -0.39 is 0 Å². The van der Waals surface area contributed by atoms with Crippen molar-refractivity contribution in [3.05, 3.63) is 23.9 Å². The second-order valence-corrected chi connectivity index (χ2v) is 3.91. The molecule has 0 amide bonds. The molecule has 3 nitrogen and oxygen atoms in total. The lowest BCUT2D eigenvalue weighted by Gasteiger charge is -2.09. The molecule has 2 rings (SSSR count). The normalized spacial score (nSPS) is 17.9. The minimum absolute atomic E-state index is 0.310. The Bertz CT molecular complexity index is 293. The van der Waals surface area contributed by atoms with Crippen LogP contribution in [0.15, 0.2) is 18.3 Å². The van der Waals surface area contributed by atoms with Gasteiger partial charge in [-0.2, -0.15) is 0 Å². The summed E-state index contributed by atoms with van der Waals surface area (Å²) >= 11 is 0. The van der Waals surface area contributed by atoms with Crippen LogP contribution >= 0.6 is 0 Å². The Morgan fingerprint density at radius 2 is 2.36 bits per heavy atom. The molecule has 0 spiro atoms. The number of ether oxygens (including phenoxy) is 1. The fourth-order valence-electron chi connectivity index (χ4n) is 1.62. The van der Waals surface area contributed by atoms with Gasteiger partial charge in [0.2, 0.25) is 5.88 Å². The highest BCUT2D eigenvalue weighted by Gasteiger charge is 2.28. The SMILES string of the molecule is COc1ccc(CC(N)C2CC2)cn1. The molecule has 2 N–H and O–H groups in total. The molecule has 1 heterocycles. The van der Waals surface area contributed by atoms with E-state index in [-0.39, 0.29) is 0 Å². The number of nitrogens with zero attached hydrogens (tertiary/aromatic N) is 1. The molecule has 1 aromatic heterocycles. The molecule has 0 saturated heterocycles. The van der Waals surface area contributed by atoms with Gasteiger partial charge in [-0.05, 0) is 30.7 Å². The third-order valence-electron chi connectivity index (χ3n) is 2.71. The first-order chi connectivity index (χ1) is 6.79. The van der Waals surface area contributed by atoms with Crippen LogP contribution in [0, 0.1) is 5.92 Å². The number of rotatable bonds is 4. The maximum absolute atomic E-state index is 6.02. The molecule has 1 aromatic rings.